The molecule has 0 unspecified atom stereocenters. The Hall–Kier alpha value is -6.16. The predicted octanol–water partition coefficient (Wildman–Crippen LogP) is 13.6. The number of nitrogens with zero attached hydrogens (tertiary/aromatic N) is 2. The van der Waals surface area contributed by atoms with Crippen LogP contribution in [0.3, 0.4) is 0 Å². The number of para-hydroxylation sites is 4. The molecule has 0 atom stereocenters. The number of fused-ring (bicyclic) bond motifs is 6. The fraction of sp³-hybridized carbons (Fsp3) is 0. The van der Waals surface area contributed by atoms with Crippen LogP contribution in [0.25, 0.3) is 88.4 Å². The zero-order chi connectivity index (χ0) is 33.9. The Bertz CT molecular complexity index is 2740. The smallest absolute Gasteiger partial charge is 0.0541 e. The summed E-state index contributed by atoms with van der Waals surface area (Å²) in [5, 5.41) is 4.99. The topological polar surface area (TPSA) is 9.86 Å². The second-order valence-electron chi connectivity index (χ2n) is 13.1. The van der Waals surface area contributed by atoms with Crippen LogP contribution in [0, 0.1) is 0 Å². The molecule has 0 saturated carbocycles. The van der Waals surface area contributed by atoms with Crippen molar-refractivity contribution < 1.29 is 0 Å². The van der Waals surface area contributed by atoms with Gasteiger partial charge in [0.25, 0.3) is 0 Å². The molecule has 0 saturated heterocycles. The van der Waals surface area contributed by atoms with Gasteiger partial charge in [0.2, 0.25) is 0 Å². The van der Waals surface area contributed by atoms with Gasteiger partial charge in [0.05, 0.1) is 22.1 Å². The van der Waals surface area contributed by atoms with Crippen molar-refractivity contribution in [2.75, 3.05) is 0 Å². The summed E-state index contributed by atoms with van der Waals surface area (Å²) in [6.45, 7) is 0. The van der Waals surface area contributed by atoms with E-state index >= 15 is 0 Å². The van der Waals surface area contributed by atoms with E-state index in [2.05, 4.69) is 213 Å². The molecule has 0 aliphatic rings. The van der Waals surface area contributed by atoms with Crippen LogP contribution >= 0.6 is 15.9 Å². The van der Waals surface area contributed by atoms with E-state index in [4.69, 9.17) is 0 Å². The molecule has 2 aromatic heterocycles. The maximum atomic E-state index is 3.86. The van der Waals surface area contributed by atoms with E-state index in [0.29, 0.717) is 0 Å². The average molecular weight is 716 g/mol. The SMILES string of the molecule is Brc1ccccc1-c1cc(-c2ccc3c(c2)c2ccccc2n3-c2ccccc2)cc(-c2ccc3c(c2)c2ccccc2n3-c2ccccc2)c1. The van der Waals surface area contributed by atoms with E-state index in [-0.39, 0.29) is 0 Å². The minimum absolute atomic E-state index is 1.08. The van der Waals surface area contributed by atoms with E-state index in [0.717, 1.165) is 4.47 Å². The molecule has 0 radical (unpaired) electrons. The van der Waals surface area contributed by atoms with Crippen molar-refractivity contribution in [3.05, 3.63) is 193 Å². The van der Waals surface area contributed by atoms with Gasteiger partial charge in [-0.15, -0.1) is 0 Å². The first-order valence-electron chi connectivity index (χ1n) is 17.3. The highest BCUT2D eigenvalue weighted by atomic mass is 79.9. The lowest BCUT2D eigenvalue weighted by Gasteiger charge is -2.13. The zero-order valence-electron chi connectivity index (χ0n) is 27.7. The van der Waals surface area contributed by atoms with E-state index < -0.39 is 0 Å². The number of benzene rings is 8. The van der Waals surface area contributed by atoms with Crippen molar-refractivity contribution in [1.29, 1.82) is 0 Å². The van der Waals surface area contributed by atoms with Crippen LogP contribution in [0.15, 0.2) is 193 Å². The molecule has 2 nitrogen and oxygen atoms in total. The molecule has 0 aliphatic heterocycles. The molecule has 10 aromatic rings. The first-order valence-corrected chi connectivity index (χ1v) is 18.1. The first-order chi connectivity index (χ1) is 25.2. The molecule has 10 rings (SSSR count). The third-order valence-corrected chi connectivity index (χ3v) is 10.8. The number of hydrogen-bond donors (Lipinski definition) is 0. The fourth-order valence-corrected chi connectivity index (χ4v) is 8.34. The molecular formula is C48H31BrN2. The maximum Gasteiger partial charge on any atom is 0.0541 e. The summed E-state index contributed by atoms with van der Waals surface area (Å²) in [5.74, 6) is 0. The van der Waals surface area contributed by atoms with Crippen LogP contribution in [-0.2, 0) is 0 Å². The summed E-state index contributed by atoms with van der Waals surface area (Å²) in [4.78, 5) is 0. The quantitative estimate of drug-likeness (QED) is 0.168. The summed E-state index contributed by atoms with van der Waals surface area (Å²) >= 11 is 3.86. The highest BCUT2D eigenvalue weighted by Crippen LogP contribution is 2.41. The molecule has 0 spiro atoms. The van der Waals surface area contributed by atoms with Gasteiger partial charge in [-0.05, 0) is 118 Å². The molecule has 240 valence electrons. The van der Waals surface area contributed by atoms with Gasteiger partial charge in [-0.25, -0.2) is 0 Å². The Morgan fingerprint density at radius 1 is 0.294 bits per heavy atom. The molecule has 0 fully saturated rings. The number of hydrogen-bond acceptors (Lipinski definition) is 0. The van der Waals surface area contributed by atoms with Crippen molar-refractivity contribution in [3.63, 3.8) is 0 Å². The third-order valence-electron chi connectivity index (χ3n) is 10.2. The van der Waals surface area contributed by atoms with Crippen molar-refractivity contribution >= 4 is 59.5 Å². The number of aromatic nitrogens is 2. The Balaban J connectivity index is 1.19. The normalized spacial score (nSPS) is 11.6. The van der Waals surface area contributed by atoms with Gasteiger partial charge in [-0.3, -0.25) is 0 Å². The third kappa shape index (κ3) is 4.92. The molecule has 0 bridgehead atoms. The molecule has 3 heteroatoms. The monoisotopic (exact) mass is 714 g/mol. The van der Waals surface area contributed by atoms with Gasteiger partial charge in [-0.2, -0.15) is 0 Å². The van der Waals surface area contributed by atoms with Crippen molar-refractivity contribution in [2.24, 2.45) is 0 Å². The van der Waals surface area contributed by atoms with Crippen molar-refractivity contribution in [3.8, 4) is 44.8 Å². The first kappa shape index (κ1) is 29.7. The summed E-state index contributed by atoms with van der Waals surface area (Å²) in [6, 6.07) is 68.2. The molecule has 51 heavy (non-hydrogen) atoms. The van der Waals surface area contributed by atoms with E-state index in [1.54, 1.807) is 0 Å². The van der Waals surface area contributed by atoms with E-state index in [1.165, 1.54) is 88.4 Å². The minimum Gasteiger partial charge on any atom is -0.309 e. The lowest BCUT2D eigenvalue weighted by molar-refractivity contribution is 1.18. The zero-order valence-corrected chi connectivity index (χ0v) is 29.3. The van der Waals surface area contributed by atoms with Gasteiger partial charge in [0.1, 0.15) is 0 Å². The van der Waals surface area contributed by atoms with Gasteiger partial charge in [0.15, 0.2) is 0 Å². The Morgan fingerprint density at radius 2 is 0.706 bits per heavy atom. The van der Waals surface area contributed by atoms with E-state index in [1.807, 2.05) is 0 Å². The molecule has 0 N–H and O–H groups in total. The van der Waals surface area contributed by atoms with E-state index in [9.17, 15) is 0 Å². The number of halogens is 1. The summed E-state index contributed by atoms with van der Waals surface area (Å²) in [7, 11) is 0. The second kappa shape index (κ2) is 12.0. The summed E-state index contributed by atoms with van der Waals surface area (Å²) in [5.41, 5.74) is 14.2. The van der Waals surface area contributed by atoms with Crippen LogP contribution in [0.4, 0.5) is 0 Å². The molecule has 2 heterocycles. The van der Waals surface area contributed by atoms with Crippen LogP contribution < -0.4 is 0 Å². The maximum absolute atomic E-state index is 3.86. The Labute approximate surface area is 304 Å². The van der Waals surface area contributed by atoms with Crippen LogP contribution in [-0.4, -0.2) is 9.13 Å². The molecule has 0 amide bonds. The molecule has 0 aliphatic carbocycles. The predicted molar refractivity (Wildman–Crippen MR) is 219 cm³/mol. The molecular weight excluding hydrogens is 684 g/mol. The fourth-order valence-electron chi connectivity index (χ4n) is 7.83. The number of rotatable bonds is 5. The van der Waals surface area contributed by atoms with Crippen molar-refractivity contribution in [1.82, 2.24) is 9.13 Å². The highest BCUT2D eigenvalue weighted by Gasteiger charge is 2.17. The van der Waals surface area contributed by atoms with Gasteiger partial charge < -0.3 is 9.13 Å². The lowest BCUT2D eigenvalue weighted by atomic mass is 9.92. The van der Waals surface area contributed by atoms with Crippen molar-refractivity contribution in [2.45, 2.75) is 0 Å². The Kier molecular flexibility index (Phi) is 7.00. The minimum atomic E-state index is 1.08. The van der Waals surface area contributed by atoms with Crippen LogP contribution in [0.1, 0.15) is 0 Å². The average Bonchev–Trinajstić information content (AvgIpc) is 3.71. The largest absolute Gasteiger partial charge is 0.309 e. The van der Waals surface area contributed by atoms with Gasteiger partial charge in [0, 0.05) is 37.4 Å². The van der Waals surface area contributed by atoms with Gasteiger partial charge >= 0.3 is 0 Å². The van der Waals surface area contributed by atoms with Crippen LogP contribution in [0.2, 0.25) is 0 Å². The lowest BCUT2D eigenvalue weighted by Crippen LogP contribution is -1.93. The second-order valence-corrected chi connectivity index (χ2v) is 14.0. The Morgan fingerprint density at radius 3 is 1.22 bits per heavy atom. The standard InChI is InChI=1S/C48H31BrN2/c49-44-20-10-7-17-39(44)36-28-34(32-23-25-47-42(30-32)40-18-8-11-21-45(40)50(47)37-13-3-1-4-14-37)27-35(29-36)33-24-26-48-43(31-33)41-19-9-12-22-46(41)51(48)38-15-5-2-6-16-38/h1-31H. The summed E-state index contributed by atoms with van der Waals surface area (Å²) in [6.07, 6.45) is 0. The summed E-state index contributed by atoms with van der Waals surface area (Å²) < 4.78 is 5.83. The molecule has 8 aromatic carbocycles. The highest BCUT2D eigenvalue weighted by molar-refractivity contribution is 9.10. The van der Waals surface area contributed by atoms with Gasteiger partial charge in [-0.1, -0.05) is 119 Å². The van der Waals surface area contributed by atoms with Crippen LogP contribution in [0.5, 0.6) is 0 Å².